The Morgan fingerprint density at radius 1 is 1.39 bits per heavy atom. The van der Waals surface area contributed by atoms with Crippen LogP contribution in [0.3, 0.4) is 0 Å². The molecule has 98 valence electrons. The molecule has 1 N–H and O–H groups in total. The van der Waals surface area contributed by atoms with Gasteiger partial charge in [0.05, 0.1) is 6.26 Å². The summed E-state index contributed by atoms with van der Waals surface area (Å²) in [5.41, 5.74) is 0. The molecule has 0 aromatic carbocycles. The van der Waals surface area contributed by atoms with Crippen LogP contribution in [-0.4, -0.2) is 35.8 Å². The molecule has 1 fully saturated rings. The Bertz CT molecular complexity index is 421. The van der Waals surface area contributed by atoms with Gasteiger partial charge in [0.2, 0.25) is 5.91 Å². The predicted octanol–water partition coefficient (Wildman–Crippen LogP) is 1.27. The molecule has 1 atom stereocenters. The van der Waals surface area contributed by atoms with E-state index in [9.17, 15) is 9.59 Å². The van der Waals surface area contributed by atoms with Crippen LogP contribution in [0.2, 0.25) is 0 Å². The molecule has 1 aliphatic rings. The van der Waals surface area contributed by atoms with Gasteiger partial charge in [-0.2, -0.15) is 0 Å². The van der Waals surface area contributed by atoms with Crippen molar-refractivity contribution in [1.82, 2.24) is 10.2 Å². The number of carbonyl (C=O) groups excluding carboxylic acids is 2. The fourth-order valence-electron chi connectivity index (χ4n) is 1.87. The van der Waals surface area contributed by atoms with Crippen LogP contribution < -0.4 is 5.32 Å². The molecule has 1 aromatic rings. The van der Waals surface area contributed by atoms with Gasteiger partial charge in [-0.15, -0.1) is 0 Å². The van der Waals surface area contributed by atoms with E-state index in [1.54, 1.807) is 17.0 Å². The van der Waals surface area contributed by atoms with E-state index in [-0.39, 0.29) is 23.5 Å². The maximum atomic E-state index is 12.2. The van der Waals surface area contributed by atoms with E-state index in [4.69, 9.17) is 4.42 Å². The molecule has 5 heteroatoms. The van der Waals surface area contributed by atoms with Crippen molar-refractivity contribution in [2.45, 2.75) is 26.3 Å². The van der Waals surface area contributed by atoms with Gasteiger partial charge in [0, 0.05) is 13.1 Å². The number of rotatable bonds is 4. The number of furan rings is 1. The third-order valence-corrected chi connectivity index (χ3v) is 3.13. The quantitative estimate of drug-likeness (QED) is 0.875. The number of hydrogen-bond acceptors (Lipinski definition) is 3. The number of hydrogen-bond donors (Lipinski definition) is 1. The molecular formula is C13H18N2O3. The summed E-state index contributed by atoms with van der Waals surface area (Å²) in [6.07, 6.45) is 2.49. The smallest absolute Gasteiger partial charge is 0.287 e. The lowest BCUT2D eigenvalue weighted by Gasteiger charge is -2.35. The highest BCUT2D eigenvalue weighted by molar-refractivity contribution is 5.95. The summed E-state index contributed by atoms with van der Waals surface area (Å²) in [6.45, 7) is 5.42. The largest absolute Gasteiger partial charge is 0.459 e. The SMILES string of the molecule is CC(C)C(NC(=O)c1ccco1)C(=O)N1CCC1. The lowest BCUT2D eigenvalue weighted by atomic mass is 10.0. The summed E-state index contributed by atoms with van der Waals surface area (Å²) in [7, 11) is 0. The Labute approximate surface area is 106 Å². The molecule has 2 heterocycles. The normalized spacial score (nSPS) is 16.3. The van der Waals surface area contributed by atoms with Crippen LogP contribution in [0, 0.1) is 5.92 Å². The van der Waals surface area contributed by atoms with Crippen LogP contribution >= 0.6 is 0 Å². The molecule has 0 spiro atoms. The van der Waals surface area contributed by atoms with Gasteiger partial charge >= 0.3 is 0 Å². The van der Waals surface area contributed by atoms with Crippen LogP contribution in [-0.2, 0) is 4.79 Å². The first-order valence-electron chi connectivity index (χ1n) is 6.22. The summed E-state index contributed by atoms with van der Waals surface area (Å²) in [5, 5.41) is 2.74. The van der Waals surface area contributed by atoms with E-state index in [0.29, 0.717) is 0 Å². The Hall–Kier alpha value is -1.78. The second-order valence-electron chi connectivity index (χ2n) is 4.85. The molecule has 0 radical (unpaired) electrons. The van der Waals surface area contributed by atoms with Crippen molar-refractivity contribution in [2.24, 2.45) is 5.92 Å². The maximum Gasteiger partial charge on any atom is 0.287 e. The lowest BCUT2D eigenvalue weighted by Crippen LogP contribution is -2.55. The van der Waals surface area contributed by atoms with Crippen LogP contribution in [0.15, 0.2) is 22.8 Å². The Kier molecular flexibility index (Phi) is 3.69. The van der Waals surface area contributed by atoms with Gasteiger partial charge in [0.15, 0.2) is 5.76 Å². The highest BCUT2D eigenvalue weighted by Gasteiger charge is 2.31. The fourth-order valence-corrected chi connectivity index (χ4v) is 1.87. The minimum Gasteiger partial charge on any atom is -0.459 e. The standard InChI is InChI=1S/C13H18N2O3/c1-9(2)11(13(17)15-6-4-7-15)14-12(16)10-5-3-8-18-10/h3,5,8-9,11H,4,6-7H2,1-2H3,(H,14,16). The van der Waals surface area contributed by atoms with Crippen LogP contribution in [0.1, 0.15) is 30.8 Å². The molecule has 0 saturated carbocycles. The zero-order valence-electron chi connectivity index (χ0n) is 10.7. The Balaban J connectivity index is 2.02. The van der Waals surface area contributed by atoms with Gasteiger partial charge in [-0.25, -0.2) is 0 Å². The number of amides is 2. The van der Waals surface area contributed by atoms with E-state index in [1.165, 1.54) is 6.26 Å². The maximum absolute atomic E-state index is 12.2. The van der Waals surface area contributed by atoms with Gasteiger partial charge in [0.25, 0.3) is 5.91 Å². The molecule has 0 aliphatic carbocycles. The number of likely N-dealkylation sites (tertiary alicyclic amines) is 1. The first kappa shape index (κ1) is 12.7. The van der Waals surface area contributed by atoms with Gasteiger partial charge in [-0.3, -0.25) is 9.59 Å². The summed E-state index contributed by atoms with van der Waals surface area (Å²) < 4.78 is 5.02. The van der Waals surface area contributed by atoms with E-state index in [1.807, 2.05) is 13.8 Å². The van der Waals surface area contributed by atoms with Crippen molar-refractivity contribution in [3.8, 4) is 0 Å². The van der Waals surface area contributed by atoms with Gasteiger partial charge in [0.1, 0.15) is 6.04 Å². The zero-order chi connectivity index (χ0) is 13.1. The second-order valence-corrected chi connectivity index (χ2v) is 4.85. The average molecular weight is 250 g/mol. The molecule has 1 aromatic heterocycles. The Morgan fingerprint density at radius 2 is 2.11 bits per heavy atom. The lowest BCUT2D eigenvalue weighted by molar-refractivity contribution is -0.137. The van der Waals surface area contributed by atoms with Crippen LogP contribution in [0.25, 0.3) is 0 Å². The van der Waals surface area contributed by atoms with Crippen LogP contribution in [0.4, 0.5) is 0 Å². The fraction of sp³-hybridized carbons (Fsp3) is 0.538. The second kappa shape index (κ2) is 5.25. The number of nitrogens with one attached hydrogen (secondary N) is 1. The van der Waals surface area contributed by atoms with E-state index < -0.39 is 6.04 Å². The molecule has 5 nitrogen and oxygen atoms in total. The van der Waals surface area contributed by atoms with E-state index in [0.717, 1.165) is 19.5 Å². The third-order valence-electron chi connectivity index (χ3n) is 3.13. The predicted molar refractivity (Wildman–Crippen MR) is 66.0 cm³/mol. The molecule has 18 heavy (non-hydrogen) atoms. The summed E-state index contributed by atoms with van der Waals surface area (Å²) >= 11 is 0. The monoisotopic (exact) mass is 250 g/mol. The highest BCUT2D eigenvalue weighted by atomic mass is 16.3. The molecule has 2 rings (SSSR count). The van der Waals surface area contributed by atoms with Crippen molar-refractivity contribution < 1.29 is 14.0 Å². The molecule has 0 bridgehead atoms. The highest BCUT2D eigenvalue weighted by Crippen LogP contribution is 2.13. The van der Waals surface area contributed by atoms with Crippen molar-refractivity contribution in [3.63, 3.8) is 0 Å². The minimum atomic E-state index is -0.483. The van der Waals surface area contributed by atoms with Crippen molar-refractivity contribution >= 4 is 11.8 Å². The van der Waals surface area contributed by atoms with Gasteiger partial charge in [-0.1, -0.05) is 13.8 Å². The Morgan fingerprint density at radius 3 is 2.56 bits per heavy atom. The van der Waals surface area contributed by atoms with E-state index >= 15 is 0 Å². The van der Waals surface area contributed by atoms with Crippen molar-refractivity contribution in [3.05, 3.63) is 24.2 Å². The van der Waals surface area contributed by atoms with Crippen molar-refractivity contribution in [1.29, 1.82) is 0 Å². The van der Waals surface area contributed by atoms with E-state index in [2.05, 4.69) is 5.32 Å². The summed E-state index contributed by atoms with van der Waals surface area (Å²) in [6, 6.07) is 2.75. The molecule has 2 amide bonds. The molecule has 1 aliphatic heterocycles. The first-order valence-corrected chi connectivity index (χ1v) is 6.22. The molecular weight excluding hydrogens is 232 g/mol. The minimum absolute atomic E-state index is 0.00356. The van der Waals surface area contributed by atoms with Crippen molar-refractivity contribution in [2.75, 3.05) is 13.1 Å². The first-order chi connectivity index (χ1) is 8.59. The molecule has 1 saturated heterocycles. The van der Waals surface area contributed by atoms with Gasteiger partial charge in [-0.05, 0) is 24.5 Å². The average Bonchev–Trinajstić information content (AvgIpc) is 2.75. The molecule has 1 unspecified atom stereocenters. The number of carbonyl (C=O) groups is 2. The summed E-state index contributed by atoms with van der Waals surface area (Å²) in [5.74, 6) is -0.0576. The topological polar surface area (TPSA) is 62.6 Å². The summed E-state index contributed by atoms with van der Waals surface area (Å²) in [4.78, 5) is 25.8. The zero-order valence-corrected chi connectivity index (χ0v) is 10.7. The van der Waals surface area contributed by atoms with Crippen LogP contribution in [0.5, 0.6) is 0 Å². The third kappa shape index (κ3) is 2.55. The number of nitrogens with zero attached hydrogens (tertiary/aromatic N) is 1. The van der Waals surface area contributed by atoms with Gasteiger partial charge < -0.3 is 14.6 Å².